The fourth-order valence-electron chi connectivity index (χ4n) is 4.84. The second-order valence-electron chi connectivity index (χ2n) is 8.65. The van der Waals surface area contributed by atoms with Gasteiger partial charge >= 0.3 is 0 Å². The Morgan fingerprint density at radius 2 is 1.70 bits per heavy atom. The highest BCUT2D eigenvalue weighted by Gasteiger charge is 2.28. The second-order valence-corrected chi connectivity index (χ2v) is 8.65. The number of methoxy groups -OCH3 is 1. The van der Waals surface area contributed by atoms with Gasteiger partial charge in [0.05, 0.1) is 7.11 Å². The van der Waals surface area contributed by atoms with Crippen molar-refractivity contribution >= 4 is 11.8 Å². The Morgan fingerprint density at radius 1 is 0.967 bits per heavy atom. The van der Waals surface area contributed by atoms with E-state index in [4.69, 9.17) is 4.74 Å². The van der Waals surface area contributed by atoms with Crippen LogP contribution in [0.3, 0.4) is 0 Å². The van der Waals surface area contributed by atoms with E-state index in [-0.39, 0.29) is 0 Å². The molecule has 0 aromatic heterocycles. The molecule has 2 aromatic rings. The average Bonchev–Trinajstić information content (AvgIpc) is 2.80. The third kappa shape index (κ3) is 5.44. The zero-order valence-corrected chi connectivity index (χ0v) is 18.5. The van der Waals surface area contributed by atoms with Gasteiger partial charge in [-0.25, -0.2) is 0 Å². The maximum atomic E-state index is 5.29. The van der Waals surface area contributed by atoms with Gasteiger partial charge in [0.25, 0.3) is 0 Å². The Hall–Kier alpha value is -2.30. The lowest BCUT2D eigenvalue weighted by molar-refractivity contribution is 0.0978. The molecule has 0 saturated carbocycles. The highest BCUT2D eigenvalue weighted by molar-refractivity contribution is 5.52. The van der Waals surface area contributed by atoms with Crippen molar-refractivity contribution in [1.29, 1.82) is 0 Å². The summed E-state index contributed by atoms with van der Waals surface area (Å²) in [7, 11) is 1.72. The number of nitrogens with zero attached hydrogens (tertiary/aromatic N) is 3. The lowest BCUT2D eigenvalue weighted by Gasteiger charge is -2.44. The van der Waals surface area contributed by atoms with E-state index in [1.54, 1.807) is 7.11 Å². The lowest BCUT2D eigenvalue weighted by Crippen LogP contribution is -2.55. The fraction of sp³-hybridized carbons (Fsp3) is 0.462. The SMILES string of the molecule is COc1ccc(N2CCN(C3CCCN(CC(C)=Cc4ccccc4)C3)CC2)cc1. The predicted octanol–water partition coefficient (Wildman–Crippen LogP) is 4.39. The Labute approximate surface area is 181 Å². The van der Waals surface area contributed by atoms with Crippen LogP contribution >= 0.6 is 0 Å². The van der Waals surface area contributed by atoms with Crippen LogP contribution in [0.2, 0.25) is 0 Å². The molecule has 4 nitrogen and oxygen atoms in total. The van der Waals surface area contributed by atoms with Crippen LogP contribution in [-0.2, 0) is 0 Å². The van der Waals surface area contributed by atoms with E-state index in [0.29, 0.717) is 6.04 Å². The van der Waals surface area contributed by atoms with Crippen molar-refractivity contribution in [2.24, 2.45) is 0 Å². The maximum Gasteiger partial charge on any atom is 0.119 e. The van der Waals surface area contributed by atoms with Gasteiger partial charge in [0.15, 0.2) is 0 Å². The summed E-state index contributed by atoms with van der Waals surface area (Å²) >= 11 is 0. The smallest absolute Gasteiger partial charge is 0.119 e. The maximum absolute atomic E-state index is 5.29. The quantitative estimate of drug-likeness (QED) is 0.710. The molecule has 4 rings (SSSR count). The Kier molecular flexibility index (Phi) is 7.08. The van der Waals surface area contributed by atoms with Crippen LogP contribution < -0.4 is 9.64 Å². The standard InChI is InChI=1S/C26H35N3O/c1-22(19-23-7-4-3-5-8-23)20-27-14-6-9-25(21-27)29-17-15-28(16-18-29)24-10-12-26(30-2)13-11-24/h3-5,7-8,10-13,19,25H,6,9,14-18,20-21H2,1-2H3. The number of hydrogen-bond donors (Lipinski definition) is 0. The minimum absolute atomic E-state index is 0.696. The molecule has 0 bridgehead atoms. The van der Waals surface area contributed by atoms with Gasteiger partial charge in [-0.1, -0.05) is 42.0 Å². The minimum Gasteiger partial charge on any atom is -0.497 e. The van der Waals surface area contributed by atoms with Crippen molar-refractivity contribution in [3.05, 3.63) is 65.7 Å². The summed E-state index contributed by atoms with van der Waals surface area (Å²) in [5.41, 5.74) is 4.06. The van der Waals surface area contributed by atoms with Crippen molar-refractivity contribution in [2.45, 2.75) is 25.8 Å². The largest absolute Gasteiger partial charge is 0.497 e. The molecule has 2 aliphatic rings. The van der Waals surface area contributed by atoms with Crippen LogP contribution in [-0.4, -0.2) is 68.8 Å². The third-order valence-electron chi connectivity index (χ3n) is 6.43. The van der Waals surface area contributed by atoms with E-state index in [1.807, 2.05) is 0 Å². The summed E-state index contributed by atoms with van der Waals surface area (Å²) in [6.45, 7) is 10.3. The van der Waals surface area contributed by atoms with Gasteiger partial charge < -0.3 is 9.64 Å². The molecule has 2 saturated heterocycles. The van der Waals surface area contributed by atoms with E-state index in [1.165, 1.54) is 42.8 Å². The van der Waals surface area contributed by atoms with Crippen molar-refractivity contribution < 1.29 is 4.74 Å². The molecule has 1 unspecified atom stereocenters. The van der Waals surface area contributed by atoms with Crippen molar-refractivity contribution in [1.82, 2.24) is 9.80 Å². The minimum atomic E-state index is 0.696. The van der Waals surface area contributed by atoms with Crippen LogP contribution in [0.4, 0.5) is 5.69 Å². The molecule has 2 aliphatic heterocycles. The molecular weight excluding hydrogens is 370 g/mol. The fourth-order valence-corrected chi connectivity index (χ4v) is 4.84. The first-order chi connectivity index (χ1) is 14.7. The first kappa shape index (κ1) is 21.0. The Morgan fingerprint density at radius 3 is 2.40 bits per heavy atom. The number of ether oxygens (including phenoxy) is 1. The van der Waals surface area contributed by atoms with Gasteiger partial charge in [0, 0.05) is 51.0 Å². The van der Waals surface area contributed by atoms with Crippen LogP contribution in [0.15, 0.2) is 60.2 Å². The van der Waals surface area contributed by atoms with Gasteiger partial charge in [-0.15, -0.1) is 0 Å². The molecule has 160 valence electrons. The van der Waals surface area contributed by atoms with Crippen molar-refractivity contribution in [3.8, 4) is 5.75 Å². The van der Waals surface area contributed by atoms with Crippen LogP contribution in [0.25, 0.3) is 6.08 Å². The number of anilines is 1. The molecule has 30 heavy (non-hydrogen) atoms. The normalized spacial score (nSPS) is 21.6. The first-order valence-corrected chi connectivity index (χ1v) is 11.3. The Bertz CT molecular complexity index is 810. The highest BCUT2D eigenvalue weighted by Crippen LogP contribution is 2.23. The molecule has 2 heterocycles. The van der Waals surface area contributed by atoms with E-state index in [9.17, 15) is 0 Å². The highest BCUT2D eigenvalue weighted by atomic mass is 16.5. The van der Waals surface area contributed by atoms with Crippen LogP contribution in [0.5, 0.6) is 5.75 Å². The lowest BCUT2D eigenvalue weighted by atomic mass is 10.0. The van der Waals surface area contributed by atoms with Gasteiger partial charge in [-0.05, 0) is 56.1 Å². The first-order valence-electron chi connectivity index (χ1n) is 11.3. The van der Waals surface area contributed by atoms with Gasteiger partial charge in [0.1, 0.15) is 5.75 Å². The molecule has 0 N–H and O–H groups in total. The zero-order chi connectivity index (χ0) is 20.8. The van der Waals surface area contributed by atoms with E-state index in [0.717, 1.165) is 38.5 Å². The third-order valence-corrected chi connectivity index (χ3v) is 6.43. The van der Waals surface area contributed by atoms with Crippen LogP contribution in [0, 0.1) is 0 Å². The van der Waals surface area contributed by atoms with Gasteiger partial charge in [-0.3, -0.25) is 9.80 Å². The number of hydrogen-bond acceptors (Lipinski definition) is 4. The number of piperidine rings is 1. The number of piperazine rings is 1. The zero-order valence-electron chi connectivity index (χ0n) is 18.5. The molecule has 2 aromatic carbocycles. The molecule has 0 amide bonds. The summed E-state index contributed by atoms with van der Waals surface area (Å²) in [5.74, 6) is 0.927. The summed E-state index contributed by atoms with van der Waals surface area (Å²) in [4.78, 5) is 7.88. The summed E-state index contributed by atoms with van der Waals surface area (Å²) in [6, 6.07) is 19.9. The molecule has 4 heteroatoms. The second kappa shape index (κ2) is 10.1. The van der Waals surface area contributed by atoms with Crippen molar-refractivity contribution in [2.75, 3.05) is 57.8 Å². The van der Waals surface area contributed by atoms with Gasteiger partial charge in [-0.2, -0.15) is 0 Å². The Balaban J connectivity index is 1.28. The molecule has 0 aliphatic carbocycles. The topological polar surface area (TPSA) is 19.0 Å². The summed E-state index contributed by atoms with van der Waals surface area (Å²) in [6.07, 6.45) is 4.97. The molecular formula is C26H35N3O. The van der Waals surface area contributed by atoms with Crippen molar-refractivity contribution in [3.63, 3.8) is 0 Å². The average molecular weight is 406 g/mol. The number of rotatable bonds is 6. The molecule has 2 fully saturated rings. The number of benzene rings is 2. The predicted molar refractivity (Wildman–Crippen MR) is 126 cm³/mol. The van der Waals surface area contributed by atoms with Crippen LogP contribution in [0.1, 0.15) is 25.3 Å². The number of likely N-dealkylation sites (tertiary alicyclic amines) is 1. The molecule has 1 atom stereocenters. The molecule has 0 radical (unpaired) electrons. The van der Waals surface area contributed by atoms with E-state index >= 15 is 0 Å². The molecule has 0 spiro atoms. The van der Waals surface area contributed by atoms with E-state index < -0.39 is 0 Å². The monoisotopic (exact) mass is 405 g/mol. The summed E-state index contributed by atoms with van der Waals surface area (Å²) < 4.78 is 5.29. The van der Waals surface area contributed by atoms with E-state index in [2.05, 4.69) is 82.3 Å². The summed E-state index contributed by atoms with van der Waals surface area (Å²) in [5, 5.41) is 0. The van der Waals surface area contributed by atoms with Gasteiger partial charge in [0.2, 0.25) is 0 Å².